The minimum absolute atomic E-state index is 0.313. The summed E-state index contributed by atoms with van der Waals surface area (Å²) in [6.45, 7) is 0. The van der Waals surface area contributed by atoms with Crippen LogP contribution in [0.25, 0.3) is 5.69 Å². The van der Waals surface area contributed by atoms with Crippen molar-refractivity contribution in [3.8, 4) is 5.69 Å². The normalized spacial score (nSPS) is 10.1. The first kappa shape index (κ1) is 10.4. The Bertz CT molecular complexity index is 479. The molecule has 5 heteroatoms. The van der Waals surface area contributed by atoms with Crippen LogP contribution in [0.2, 0.25) is 0 Å². The van der Waals surface area contributed by atoms with Gasteiger partial charge in [-0.15, -0.1) is 0 Å². The number of hydrogen-bond acceptors (Lipinski definition) is 4. The fraction of sp³-hybridized carbons (Fsp3) is 0.0909. The van der Waals surface area contributed by atoms with Gasteiger partial charge in [0, 0.05) is 5.69 Å². The summed E-state index contributed by atoms with van der Waals surface area (Å²) in [6, 6.07) is 9.38. The van der Waals surface area contributed by atoms with Crippen molar-refractivity contribution in [2.75, 3.05) is 7.11 Å². The molecule has 1 heterocycles. The van der Waals surface area contributed by atoms with Crippen LogP contribution in [0.5, 0.6) is 0 Å². The summed E-state index contributed by atoms with van der Waals surface area (Å²) in [5.74, 6) is -0.580. The van der Waals surface area contributed by atoms with Crippen LogP contribution in [0, 0.1) is 0 Å². The number of para-hydroxylation sites is 1. The summed E-state index contributed by atoms with van der Waals surface area (Å²) in [5, 5.41) is 0. The molecule has 0 spiro atoms. The highest BCUT2D eigenvalue weighted by atomic mass is 17.2. The number of aromatic nitrogens is 2. The van der Waals surface area contributed by atoms with E-state index in [9.17, 15) is 4.79 Å². The maximum absolute atomic E-state index is 11.5. The Morgan fingerprint density at radius 1 is 1.31 bits per heavy atom. The van der Waals surface area contributed by atoms with E-state index in [1.807, 2.05) is 30.3 Å². The zero-order valence-corrected chi connectivity index (χ0v) is 8.66. The van der Waals surface area contributed by atoms with E-state index in [1.165, 1.54) is 13.3 Å². The van der Waals surface area contributed by atoms with Crippen molar-refractivity contribution < 1.29 is 14.6 Å². The molecular weight excluding hydrogens is 208 g/mol. The summed E-state index contributed by atoms with van der Waals surface area (Å²) in [6.07, 6.45) is 2.97. The van der Waals surface area contributed by atoms with Gasteiger partial charge < -0.3 is 0 Å². The van der Waals surface area contributed by atoms with E-state index < -0.39 is 5.97 Å². The van der Waals surface area contributed by atoms with E-state index in [1.54, 1.807) is 10.9 Å². The highest BCUT2D eigenvalue weighted by molar-refractivity contribution is 5.87. The third-order valence-electron chi connectivity index (χ3n) is 2.04. The molecule has 0 aliphatic carbocycles. The molecule has 5 nitrogen and oxygen atoms in total. The molecule has 1 aromatic heterocycles. The average molecular weight is 218 g/mol. The van der Waals surface area contributed by atoms with Gasteiger partial charge in [-0.25, -0.2) is 9.78 Å². The van der Waals surface area contributed by atoms with Crippen molar-refractivity contribution >= 4 is 5.97 Å². The molecule has 0 atom stereocenters. The Hall–Kier alpha value is -2.14. The molecule has 16 heavy (non-hydrogen) atoms. The fourth-order valence-corrected chi connectivity index (χ4v) is 1.36. The van der Waals surface area contributed by atoms with Gasteiger partial charge in [-0.1, -0.05) is 18.2 Å². The topological polar surface area (TPSA) is 53.4 Å². The van der Waals surface area contributed by atoms with E-state index in [0.717, 1.165) is 5.69 Å². The van der Waals surface area contributed by atoms with Crippen LogP contribution in [-0.4, -0.2) is 22.6 Å². The maximum Gasteiger partial charge on any atom is 0.391 e. The number of nitrogens with zero attached hydrogens (tertiary/aromatic N) is 2. The van der Waals surface area contributed by atoms with Crippen LogP contribution < -0.4 is 0 Å². The summed E-state index contributed by atoms with van der Waals surface area (Å²) < 4.78 is 1.63. The second kappa shape index (κ2) is 4.59. The van der Waals surface area contributed by atoms with Crippen LogP contribution in [0.1, 0.15) is 10.5 Å². The van der Waals surface area contributed by atoms with Crippen molar-refractivity contribution in [2.45, 2.75) is 0 Å². The molecule has 0 saturated carbocycles. The average Bonchev–Trinajstić information content (AvgIpc) is 2.79. The van der Waals surface area contributed by atoms with Gasteiger partial charge in [0.1, 0.15) is 0 Å². The molecule has 0 aliphatic rings. The Balaban J connectivity index is 2.37. The Morgan fingerprint density at radius 2 is 2.06 bits per heavy atom. The molecule has 0 radical (unpaired) electrons. The predicted octanol–water partition coefficient (Wildman–Crippen LogP) is 1.59. The van der Waals surface area contributed by atoms with Crippen LogP contribution in [0.4, 0.5) is 0 Å². The molecule has 0 saturated heterocycles. The van der Waals surface area contributed by atoms with Crippen molar-refractivity contribution in [2.24, 2.45) is 0 Å². The van der Waals surface area contributed by atoms with Gasteiger partial charge in [-0.05, 0) is 12.1 Å². The van der Waals surface area contributed by atoms with Gasteiger partial charge in [-0.3, -0.25) is 9.45 Å². The smallest absolute Gasteiger partial charge is 0.293 e. The lowest BCUT2D eigenvalue weighted by atomic mass is 10.3. The molecule has 0 amide bonds. The van der Waals surface area contributed by atoms with Gasteiger partial charge in [0.15, 0.2) is 5.69 Å². The Morgan fingerprint density at radius 3 is 2.75 bits per heavy atom. The van der Waals surface area contributed by atoms with E-state index in [0.29, 0.717) is 5.69 Å². The molecule has 0 unspecified atom stereocenters. The van der Waals surface area contributed by atoms with Crippen molar-refractivity contribution in [3.05, 3.63) is 48.5 Å². The molecule has 2 aromatic rings. The predicted molar refractivity (Wildman–Crippen MR) is 56.0 cm³/mol. The minimum atomic E-state index is -0.580. The summed E-state index contributed by atoms with van der Waals surface area (Å²) in [7, 11) is 1.28. The van der Waals surface area contributed by atoms with Crippen molar-refractivity contribution in [1.82, 2.24) is 9.55 Å². The zero-order chi connectivity index (χ0) is 11.4. The first-order valence-corrected chi connectivity index (χ1v) is 4.65. The lowest BCUT2D eigenvalue weighted by Crippen LogP contribution is -2.09. The van der Waals surface area contributed by atoms with Crippen LogP contribution in [0.3, 0.4) is 0 Å². The number of benzene rings is 1. The van der Waals surface area contributed by atoms with Crippen molar-refractivity contribution in [3.63, 3.8) is 0 Å². The molecule has 82 valence electrons. The summed E-state index contributed by atoms with van der Waals surface area (Å²) in [5.41, 5.74) is 1.15. The molecular formula is C11H10N2O3. The largest absolute Gasteiger partial charge is 0.391 e. The zero-order valence-electron chi connectivity index (χ0n) is 8.66. The number of imidazole rings is 1. The summed E-state index contributed by atoms with van der Waals surface area (Å²) >= 11 is 0. The molecule has 0 N–H and O–H groups in total. The van der Waals surface area contributed by atoms with Crippen molar-refractivity contribution in [1.29, 1.82) is 0 Å². The van der Waals surface area contributed by atoms with Crippen LogP contribution >= 0.6 is 0 Å². The molecule has 0 aliphatic heterocycles. The van der Waals surface area contributed by atoms with Gasteiger partial charge in [0.05, 0.1) is 19.6 Å². The second-order valence-electron chi connectivity index (χ2n) is 3.02. The number of carbonyl (C=O) groups is 1. The number of hydrogen-bond donors (Lipinski definition) is 0. The minimum Gasteiger partial charge on any atom is -0.293 e. The van der Waals surface area contributed by atoms with E-state index in [2.05, 4.69) is 14.8 Å². The maximum atomic E-state index is 11.5. The third kappa shape index (κ3) is 1.94. The number of carbonyl (C=O) groups excluding carboxylic acids is 1. The SMILES string of the molecule is COOC(=O)c1cncn1-c1ccccc1. The lowest BCUT2D eigenvalue weighted by molar-refractivity contribution is -0.216. The number of rotatable bonds is 3. The monoisotopic (exact) mass is 218 g/mol. The standard InChI is InChI=1S/C11H10N2O3/c1-15-16-11(14)10-7-12-8-13(10)9-5-3-2-4-6-9/h2-8H,1H3. The van der Waals surface area contributed by atoms with Gasteiger partial charge in [0.2, 0.25) is 0 Å². The Labute approximate surface area is 92.2 Å². The van der Waals surface area contributed by atoms with E-state index in [-0.39, 0.29) is 0 Å². The molecule has 2 rings (SSSR count). The highest BCUT2D eigenvalue weighted by Crippen LogP contribution is 2.11. The fourth-order valence-electron chi connectivity index (χ4n) is 1.36. The van der Waals surface area contributed by atoms with E-state index in [4.69, 9.17) is 0 Å². The quantitative estimate of drug-likeness (QED) is 0.580. The third-order valence-corrected chi connectivity index (χ3v) is 2.04. The lowest BCUT2D eigenvalue weighted by Gasteiger charge is -2.05. The first-order valence-electron chi connectivity index (χ1n) is 4.65. The Kier molecular flexibility index (Phi) is 2.98. The van der Waals surface area contributed by atoms with Crippen LogP contribution in [0.15, 0.2) is 42.9 Å². The van der Waals surface area contributed by atoms with Crippen LogP contribution in [-0.2, 0) is 9.78 Å². The van der Waals surface area contributed by atoms with Gasteiger partial charge in [-0.2, -0.15) is 4.89 Å². The van der Waals surface area contributed by atoms with Gasteiger partial charge in [0.25, 0.3) is 0 Å². The van der Waals surface area contributed by atoms with Gasteiger partial charge >= 0.3 is 5.97 Å². The first-order chi connectivity index (χ1) is 7.83. The molecule has 1 aromatic carbocycles. The molecule has 0 bridgehead atoms. The van der Waals surface area contributed by atoms with E-state index >= 15 is 0 Å². The second-order valence-corrected chi connectivity index (χ2v) is 3.02. The molecule has 0 fully saturated rings. The summed E-state index contributed by atoms with van der Waals surface area (Å²) in [4.78, 5) is 24.2. The highest BCUT2D eigenvalue weighted by Gasteiger charge is 2.14.